The Morgan fingerprint density at radius 2 is 2.35 bits per heavy atom. The van der Waals surface area contributed by atoms with Crippen LogP contribution in [0.1, 0.15) is 29.3 Å². The van der Waals surface area contributed by atoms with Gasteiger partial charge in [0.15, 0.2) is 4.34 Å². The fraction of sp³-hybridized carbons (Fsp3) is 0.412. The van der Waals surface area contributed by atoms with Crippen LogP contribution in [0.15, 0.2) is 17.0 Å². The SMILES string of the molecule is C=CCNc1nnc(SCC(=O)Nc2sc3c(c2C#N)CC[C@H](C)C3)s1. The van der Waals surface area contributed by atoms with Gasteiger partial charge in [-0.05, 0) is 30.7 Å². The van der Waals surface area contributed by atoms with Gasteiger partial charge in [0.05, 0.1) is 11.3 Å². The maximum Gasteiger partial charge on any atom is 0.235 e. The minimum Gasteiger partial charge on any atom is -0.357 e. The molecule has 1 amide bonds. The molecule has 0 spiro atoms. The molecule has 2 heterocycles. The third-order valence-electron chi connectivity index (χ3n) is 4.01. The molecule has 3 rings (SSSR count). The summed E-state index contributed by atoms with van der Waals surface area (Å²) in [7, 11) is 0. The number of nitriles is 1. The number of aromatic nitrogens is 2. The Labute approximate surface area is 164 Å². The minimum atomic E-state index is -0.131. The van der Waals surface area contributed by atoms with Crippen molar-refractivity contribution in [3.05, 3.63) is 28.7 Å². The highest BCUT2D eigenvalue weighted by atomic mass is 32.2. The highest BCUT2D eigenvalue weighted by molar-refractivity contribution is 8.01. The van der Waals surface area contributed by atoms with Crippen LogP contribution in [0.4, 0.5) is 10.1 Å². The zero-order valence-corrected chi connectivity index (χ0v) is 16.8. The van der Waals surface area contributed by atoms with Crippen LogP contribution in [0.25, 0.3) is 0 Å². The van der Waals surface area contributed by atoms with Crippen molar-refractivity contribution >= 4 is 50.5 Å². The largest absolute Gasteiger partial charge is 0.357 e. The number of fused-ring (bicyclic) bond motifs is 1. The third-order valence-corrected chi connectivity index (χ3v) is 7.19. The minimum absolute atomic E-state index is 0.131. The van der Waals surface area contributed by atoms with Crippen LogP contribution in [0.2, 0.25) is 0 Å². The van der Waals surface area contributed by atoms with E-state index in [4.69, 9.17) is 0 Å². The first-order valence-corrected chi connectivity index (χ1v) is 10.9. The van der Waals surface area contributed by atoms with Gasteiger partial charge in [-0.2, -0.15) is 5.26 Å². The van der Waals surface area contributed by atoms with E-state index in [0.717, 1.165) is 29.2 Å². The van der Waals surface area contributed by atoms with Crippen LogP contribution in [0, 0.1) is 17.2 Å². The molecule has 6 nitrogen and oxygen atoms in total. The Kier molecular flexibility index (Phi) is 6.29. The van der Waals surface area contributed by atoms with Crippen LogP contribution in [-0.2, 0) is 17.6 Å². The van der Waals surface area contributed by atoms with Crippen molar-refractivity contribution in [3.8, 4) is 6.07 Å². The van der Waals surface area contributed by atoms with Crippen LogP contribution in [0.5, 0.6) is 0 Å². The fourth-order valence-electron chi connectivity index (χ4n) is 2.75. The molecular weight excluding hydrogens is 386 g/mol. The van der Waals surface area contributed by atoms with Crippen LogP contribution < -0.4 is 10.6 Å². The zero-order valence-electron chi connectivity index (χ0n) is 14.4. The number of thioether (sulfide) groups is 1. The molecule has 1 aliphatic rings. The average Bonchev–Trinajstić information content (AvgIpc) is 3.21. The summed E-state index contributed by atoms with van der Waals surface area (Å²) in [6.07, 6.45) is 4.76. The predicted molar refractivity (Wildman–Crippen MR) is 108 cm³/mol. The van der Waals surface area contributed by atoms with Gasteiger partial charge in [0.2, 0.25) is 11.0 Å². The molecule has 136 valence electrons. The number of carbonyl (C=O) groups is 1. The van der Waals surface area contributed by atoms with Gasteiger partial charge in [-0.15, -0.1) is 28.1 Å². The summed E-state index contributed by atoms with van der Waals surface area (Å²) in [4.78, 5) is 13.5. The lowest BCUT2D eigenvalue weighted by Gasteiger charge is -2.17. The Hall–Kier alpha value is -1.89. The number of thiophene rings is 1. The molecule has 0 aliphatic heterocycles. The second-order valence-electron chi connectivity index (χ2n) is 6.05. The number of nitrogens with zero attached hydrogens (tertiary/aromatic N) is 3. The summed E-state index contributed by atoms with van der Waals surface area (Å²) in [5, 5.41) is 24.9. The Morgan fingerprint density at radius 1 is 1.50 bits per heavy atom. The Bertz CT molecular complexity index is 851. The monoisotopic (exact) mass is 405 g/mol. The van der Waals surface area contributed by atoms with E-state index >= 15 is 0 Å². The lowest BCUT2D eigenvalue weighted by Crippen LogP contribution is -2.14. The topological polar surface area (TPSA) is 90.7 Å². The summed E-state index contributed by atoms with van der Waals surface area (Å²) < 4.78 is 0.728. The fourth-order valence-corrected chi connectivity index (χ4v) is 5.68. The van der Waals surface area contributed by atoms with E-state index in [-0.39, 0.29) is 11.7 Å². The van der Waals surface area contributed by atoms with E-state index in [1.165, 1.54) is 28.0 Å². The Morgan fingerprint density at radius 3 is 3.12 bits per heavy atom. The molecule has 1 atom stereocenters. The predicted octanol–water partition coefficient (Wildman–Crippen LogP) is 3.92. The molecule has 26 heavy (non-hydrogen) atoms. The van der Waals surface area contributed by atoms with Gasteiger partial charge in [0.1, 0.15) is 11.1 Å². The van der Waals surface area contributed by atoms with E-state index in [1.807, 2.05) is 0 Å². The van der Waals surface area contributed by atoms with Crippen LogP contribution in [0.3, 0.4) is 0 Å². The molecule has 0 unspecified atom stereocenters. The van der Waals surface area contributed by atoms with Crippen molar-refractivity contribution in [1.29, 1.82) is 5.26 Å². The lowest BCUT2D eigenvalue weighted by molar-refractivity contribution is -0.113. The van der Waals surface area contributed by atoms with Crippen molar-refractivity contribution < 1.29 is 4.79 Å². The Balaban J connectivity index is 1.59. The first kappa shape index (κ1) is 18.9. The van der Waals surface area contributed by atoms with Gasteiger partial charge in [-0.3, -0.25) is 4.79 Å². The number of hydrogen-bond acceptors (Lipinski definition) is 8. The quantitative estimate of drug-likeness (QED) is 0.536. The molecule has 2 aromatic rings. The lowest BCUT2D eigenvalue weighted by atomic mass is 9.89. The van der Waals surface area contributed by atoms with E-state index in [0.29, 0.717) is 28.2 Å². The standard InChI is InChI=1S/C17H19N5OS3/c1-3-6-19-16-21-22-17(26-16)24-9-14(23)20-15-12(8-18)11-5-4-10(2)7-13(11)25-15/h3,10H,1,4-7,9H2,2H3,(H,19,21)(H,20,23)/t10-/m0/s1. The number of carbonyl (C=O) groups excluding carboxylic acids is 1. The molecule has 0 fully saturated rings. The van der Waals surface area contributed by atoms with Crippen molar-refractivity contribution in [2.75, 3.05) is 22.9 Å². The van der Waals surface area contributed by atoms with E-state index in [2.05, 4.69) is 40.4 Å². The highest BCUT2D eigenvalue weighted by Gasteiger charge is 2.24. The molecule has 9 heteroatoms. The van der Waals surface area contributed by atoms with E-state index in [1.54, 1.807) is 17.4 Å². The maximum atomic E-state index is 12.3. The van der Waals surface area contributed by atoms with Crippen molar-refractivity contribution in [1.82, 2.24) is 10.2 Å². The number of anilines is 2. The van der Waals surface area contributed by atoms with Gasteiger partial charge in [-0.25, -0.2) is 0 Å². The summed E-state index contributed by atoms with van der Waals surface area (Å²) in [5.74, 6) is 0.738. The molecule has 0 aromatic carbocycles. The van der Waals surface area contributed by atoms with E-state index < -0.39 is 0 Å². The second-order valence-corrected chi connectivity index (χ2v) is 9.35. The molecular formula is C17H19N5OS3. The number of nitrogens with one attached hydrogen (secondary N) is 2. The number of hydrogen-bond donors (Lipinski definition) is 2. The van der Waals surface area contributed by atoms with Gasteiger partial charge < -0.3 is 10.6 Å². The molecule has 0 radical (unpaired) electrons. The smallest absolute Gasteiger partial charge is 0.235 e. The highest BCUT2D eigenvalue weighted by Crippen LogP contribution is 2.39. The molecule has 0 bridgehead atoms. The first-order chi connectivity index (χ1) is 12.6. The first-order valence-electron chi connectivity index (χ1n) is 8.26. The van der Waals surface area contributed by atoms with Crippen LogP contribution >= 0.6 is 34.4 Å². The summed E-state index contributed by atoms with van der Waals surface area (Å²) in [5.41, 5.74) is 1.77. The molecule has 0 saturated carbocycles. The second kappa shape index (κ2) is 8.66. The molecule has 0 saturated heterocycles. The third kappa shape index (κ3) is 4.44. The summed E-state index contributed by atoms with van der Waals surface area (Å²) >= 11 is 4.29. The maximum absolute atomic E-state index is 12.3. The van der Waals surface area contributed by atoms with E-state index in [9.17, 15) is 10.1 Å². The summed E-state index contributed by atoms with van der Waals surface area (Å²) in [6.45, 7) is 6.49. The average molecular weight is 406 g/mol. The van der Waals surface area contributed by atoms with Gasteiger partial charge >= 0.3 is 0 Å². The van der Waals surface area contributed by atoms with Crippen LogP contribution in [-0.4, -0.2) is 28.4 Å². The van der Waals surface area contributed by atoms with Crippen molar-refractivity contribution in [2.45, 2.75) is 30.5 Å². The number of rotatable bonds is 7. The zero-order chi connectivity index (χ0) is 18.5. The molecule has 2 aromatic heterocycles. The van der Waals surface area contributed by atoms with Gasteiger partial charge in [-0.1, -0.05) is 36.1 Å². The van der Waals surface area contributed by atoms with Gasteiger partial charge in [0, 0.05) is 11.4 Å². The number of amides is 1. The molecule has 2 N–H and O–H groups in total. The van der Waals surface area contributed by atoms with Crippen molar-refractivity contribution in [2.24, 2.45) is 5.92 Å². The van der Waals surface area contributed by atoms with Crippen molar-refractivity contribution in [3.63, 3.8) is 0 Å². The summed E-state index contributed by atoms with van der Waals surface area (Å²) in [6, 6.07) is 2.27. The molecule has 1 aliphatic carbocycles. The van der Waals surface area contributed by atoms with Gasteiger partial charge in [0.25, 0.3) is 0 Å². The normalized spacial score (nSPS) is 15.8.